The van der Waals surface area contributed by atoms with Crippen molar-refractivity contribution in [1.29, 1.82) is 0 Å². The first-order valence-electron chi connectivity index (χ1n) is 9.64. The summed E-state index contributed by atoms with van der Waals surface area (Å²) in [5, 5.41) is 0. The van der Waals surface area contributed by atoms with E-state index >= 15 is 0 Å². The highest BCUT2D eigenvalue weighted by Crippen LogP contribution is 2.41. The number of benzene rings is 2. The number of allylic oxidation sites excluding steroid dienone is 4. The zero-order chi connectivity index (χ0) is 20.6. The lowest BCUT2D eigenvalue weighted by atomic mass is 9.81. The minimum atomic E-state index is -4.37. The van der Waals surface area contributed by atoms with Crippen LogP contribution in [0, 0.1) is 11.8 Å². The molecule has 0 saturated carbocycles. The van der Waals surface area contributed by atoms with Gasteiger partial charge in [-0.15, -0.1) is 0 Å². The van der Waals surface area contributed by atoms with Gasteiger partial charge >= 0.3 is 6.18 Å². The van der Waals surface area contributed by atoms with E-state index in [-0.39, 0.29) is 5.92 Å². The van der Waals surface area contributed by atoms with Crippen LogP contribution in [0.2, 0.25) is 0 Å². The second-order valence-electron chi connectivity index (χ2n) is 7.57. The van der Waals surface area contributed by atoms with E-state index in [0.717, 1.165) is 40.2 Å². The first-order valence-corrected chi connectivity index (χ1v) is 9.64. The zero-order valence-electron chi connectivity index (χ0n) is 16.2. The molecular formula is C24H21F3N2. The second kappa shape index (κ2) is 7.47. The third-order valence-corrected chi connectivity index (χ3v) is 5.67. The fourth-order valence-electron chi connectivity index (χ4n) is 3.89. The first kappa shape index (κ1) is 19.4. The summed E-state index contributed by atoms with van der Waals surface area (Å²) in [5.41, 5.74) is 4.34. The van der Waals surface area contributed by atoms with E-state index in [9.17, 15) is 13.2 Å². The van der Waals surface area contributed by atoms with Crippen LogP contribution in [-0.4, -0.2) is 9.97 Å². The van der Waals surface area contributed by atoms with Gasteiger partial charge in [-0.1, -0.05) is 44.2 Å². The van der Waals surface area contributed by atoms with E-state index in [0.29, 0.717) is 11.5 Å². The minimum absolute atomic E-state index is 0.0982. The van der Waals surface area contributed by atoms with Crippen molar-refractivity contribution >= 4 is 22.2 Å². The summed E-state index contributed by atoms with van der Waals surface area (Å²) in [5.74, 6) is 0.412. The summed E-state index contributed by atoms with van der Waals surface area (Å²) in [6.07, 6.45) is 3.93. The molecule has 5 heteroatoms. The first-order chi connectivity index (χ1) is 13.8. The van der Waals surface area contributed by atoms with Crippen LogP contribution in [0.5, 0.6) is 0 Å². The van der Waals surface area contributed by atoms with Crippen LogP contribution < -0.4 is 0 Å². The summed E-state index contributed by atoms with van der Waals surface area (Å²) in [6, 6.07) is 11.5. The van der Waals surface area contributed by atoms with E-state index in [4.69, 9.17) is 0 Å². The maximum absolute atomic E-state index is 13.3. The molecule has 0 aliphatic heterocycles. The van der Waals surface area contributed by atoms with Crippen molar-refractivity contribution in [2.24, 2.45) is 11.8 Å². The Labute approximate surface area is 167 Å². The highest BCUT2D eigenvalue weighted by molar-refractivity contribution is 5.98. The number of hydrogen-bond acceptors (Lipinski definition) is 2. The molecule has 3 aromatic rings. The van der Waals surface area contributed by atoms with Crippen LogP contribution in [0.3, 0.4) is 0 Å². The quantitative estimate of drug-likeness (QED) is 0.478. The normalized spacial score (nSPS) is 20.2. The van der Waals surface area contributed by atoms with Crippen molar-refractivity contribution in [3.05, 3.63) is 83.7 Å². The fourth-order valence-corrected chi connectivity index (χ4v) is 3.89. The van der Waals surface area contributed by atoms with E-state index in [1.165, 1.54) is 12.1 Å². The van der Waals surface area contributed by atoms with Gasteiger partial charge in [0, 0.05) is 12.4 Å². The molecule has 0 saturated heterocycles. The van der Waals surface area contributed by atoms with Crippen LogP contribution in [0.25, 0.3) is 22.2 Å². The van der Waals surface area contributed by atoms with Gasteiger partial charge < -0.3 is 0 Å². The molecule has 148 valence electrons. The molecule has 1 aromatic heterocycles. The molecule has 0 spiro atoms. The predicted octanol–water partition coefficient (Wildman–Crippen LogP) is 6.79. The number of rotatable bonds is 2. The number of halogens is 3. The summed E-state index contributed by atoms with van der Waals surface area (Å²) in [4.78, 5) is 8.69. The molecular weight excluding hydrogens is 373 g/mol. The third kappa shape index (κ3) is 3.82. The van der Waals surface area contributed by atoms with Crippen molar-refractivity contribution in [1.82, 2.24) is 9.97 Å². The number of hydrogen-bond donors (Lipinski definition) is 0. The SMILES string of the molecule is CC1CC=CC(c2ccc3nccnc3c2)=C(c2cccc(C(F)(F)F)c2)C1C. The van der Waals surface area contributed by atoms with Crippen LogP contribution in [0.4, 0.5) is 13.2 Å². The van der Waals surface area contributed by atoms with Gasteiger partial charge in [0.25, 0.3) is 0 Å². The molecule has 0 amide bonds. The number of nitrogens with zero attached hydrogens (tertiary/aromatic N) is 2. The van der Waals surface area contributed by atoms with E-state index in [2.05, 4.69) is 29.9 Å². The van der Waals surface area contributed by atoms with Gasteiger partial charge in [-0.25, -0.2) is 0 Å². The van der Waals surface area contributed by atoms with Gasteiger partial charge in [-0.3, -0.25) is 9.97 Å². The molecule has 2 atom stereocenters. The standard InChI is InChI=1S/C24H21F3N2/c1-15-5-3-8-20(17-9-10-21-22(14-17)29-12-11-28-21)23(16(15)2)18-6-4-7-19(13-18)24(25,26)27/h3-4,6-16H,5H2,1-2H3. The van der Waals surface area contributed by atoms with E-state index in [1.807, 2.05) is 24.3 Å². The maximum atomic E-state index is 13.3. The van der Waals surface area contributed by atoms with Crippen molar-refractivity contribution in [3.8, 4) is 0 Å². The largest absolute Gasteiger partial charge is 0.416 e. The average Bonchev–Trinajstić information content (AvgIpc) is 2.86. The smallest absolute Gasteiger partial charge is 0.253 e. The monoisotopic (exact) mass is 394 g/mol. The Morgan fingerprint density at radius 1 is 0.897 bits per heavy atom. The number of fused-ring (bicyclic) bond motifs is 1. The van der Waals surface area contributed by atoms with Gasteiger partial charge in [0.05, 0.1) is 16.6 Å². The molecule has 2 unspecified atom stereocenters. The Kier molecular flexibility index (Phi) is 4.99. The zero-order valence-corrected chi connectivity index (χ0v) is 16.2. The Morgan fingerprint density at radius 2 is 1.66 bits per heavy atom. The van der Waals surface area contributed by atoms with Gasteiger partial charge in [0.1, 0.15) is 0 Å². The molecule has 0 N–H and O–H groups in total. The van der Waals surface area contributed by atoms with Crippen molar-refractivity contribution in [3.63, 3.8) is 0 Å². The van der Waals surface area contributed by atoms with Crippen LogP contribution in [0.15, 0.2) is 67.0 Å². The van der Waals surface area contributed by atoms with Crippen molar-refractivity contribution in [2.75, 3.05) is 0 Å². The average molecular weight is 394 g/mol. The topological polar surface area (TPSA) is 25.8 Å². The highest BCUT2D eigenvalue weighted by atomic mass is 19.4. The predicted molar refractivity (Wildman–Crippen MR) is 110 cm³/mol. The van der Waals surface area contributed by atoms with Gasteiger partial charge in [0.15, 0.2) is 0 Å². The highest BCUT2D eigenvalue weighted by Gasteiger charge is 2.31. The summed E-state index contributed by atoms with van der Waals surface area (Å²) in [7, 11) is 0. The molecule has 1 aliphatic carbocycles. The van der Waals surface area contributed by atoms with Crippen molar-refractivity contribution in [2.45, 2.75) is 26.4 Å². The summed E-state index contributed by atoms with van der Waals surface area (Å²) < 4.78 is 40.0. The molecule has 1 aliphatic rings. The molecule has 4 rings (SSSR count). The summed E-state index contributed by atoms with van der Waals surface area (Å²) >= 11 is 0. The molecule has 0 bridgehead atoms. The lowest BCUT2D eigenvalue weighted by Crippen LogP contribution is -2.11. The minimum Gasteiger partial charge on any atom is -0.253 e. The van der Waals surface area contributed by atoms with E-state index < -0.39 is 11.7 Å². The third-order valence-electron chi connectivity index (χ3n) is 5.67. The molecule has 29 heavy (non-hydrogen) atoms. The number of alkyl halides is 3. The molecule has 2 aromatic carbocycles. The number of aromatic nitrogens is 2. The summed E-state index contributed by atoms with van der Waals surface area (Å²) in [6.45, 7) is 4.23. The Morgan fingerprint density at radius 3 is 2.41 bits per heavy atom. The Bertz CT molecular complexity index is 1110. The fraction of sp³-hybridized carbons (Fsp3) is 0.250. The molecule has 0 radical (unpaired) electrons. The second-order valence-corrected chi connectivity index (χ2v) is 7.57. The van der Waals surface area contributed by atoms with Gasteiger partial charge in [-0.2, -0.15) is 13.2 Å². The van der Waals surface area contributed by atoms with Crippen LogP contribution >= 0.6 is 0 Å². The van der Waals surface area contributed by atoms with Crippen molar-refractivity contribution < 1.29 is 13.2 Å². The van der Waals surface area contributed by atoms with Gasteiger partial charge in [-0.05, 0) is 64.8 Å². The molecule has 0 fully saturated rings. The lowest BCUT2D eigenvalue weighted by Gasteiger charge is -2.24. The van der Waals surface area contributed by atoms with Gasteiger partial charge in [0.2, 0.25) is 0 Å². The molecule has 1 heterocycles. The Balaban J connectivity index is 1.95. The van der Waals surface area contributed by atoms with Crippen LogP contribution in [-0.2, 0) is 6.18 Å². The van der Waals surface area contributed by atoms with E-state index in [1.54, 1.807) is 18.5 Å². The lowest BCUT2D eigenvalue weighted by molar-refractivity contribution is -0.137. The van der Waals surface area contributed by atoms with Crippen LogP contribution in [0.1, 0.15) is 37.0 Å². The Hall–Kier alpha value is -2.95. The maximum Gasteiger partial charge on any atom is 0.416 e. The molecule has 2 nitrogen and oxygen atoms in total.